The summed E-state index contributed by atoms with van der Waals surface area (Å²) in [4.78, 5) is 2.42. The summed E-state index contributed by atoms with van der Waals surface area (Å²) in [5.74, 6) is 0. The first-order valence-corrected chi connectivity index (χ1v) is 8.33. The lowest BCUT2D eigenvalue weighted by Crippen LogP contribution is -2.45. The van der Waals surface area contributed by atoms with E-state index in [9.17, 15) is 0 Å². The summed E-state index contributed by atoms with van der Waals surface area (Å²) < 4.78 is 7.00. The minimum atomic E-state index is 0.293. The van der Waals surface area contributed by atoms with Gasteiger partial charge in [-0.2, -0.15) is 0 Å². The second-order valence-electron chi connectivity index (χ2n) is 6.10. The highest BCUT2D eigenvalue weighted by atomic mass is 79.9. The van der Waals surface area contributed by atoms with Crippen molar-refractivity contribution in [1.29, 1.82) is 0 Å². The Kier molecular flexibility index (Phi) is 4.34. The van der Waals surface area contributed by atoms with Gasteiger partial charge in [-0.15, -0.1) is 0 Å². The maximum Gasteiger partial charge on any atom is 0.0726 e. The molecule has 20 heavy (non-hydrogen) atoms. The summed E-state index contributed by atoms with van der Waals surface area (Å²) in [7, 11) is 0. The van der Waals surface area contributed by atoms with Crippen LogP contribution in [0, 0.1) is 0 Å². The van der Waals surface area contributed by atoms with Crippen LogP contribution < -0.4 is 10.2 Å². The van der Waals surface area contributed by atoms with Gasteiger partial charge >= 0.3 is 0 Å². The Morgan fingerprint density at radius 1 is 1.25 bits per heavy atom. The molecule has 3 rings (SSSR count). The monoisotopic (exact) mass is 338 g/mol. The van der Waals surface area contributed by atoms with Gasteiger partial charge in [0, 0.05) is 30.1 Å². The molecule has 0 spiro atoms. The van der Waals surface area contributed by atoms with E-state index in [0.717, 1.165) is 25.7 Å². The van der Waals surface area contributed by atoms with Crippen molar-refractivity contribution in [2.24, 2.45) is 0 Å². The number of morpholine rings is 1. The molecule has 0 aromatic heterocycles. The molecule has 0 bridgehead atoms. The van der Waals surface area contributed by atoms with Gasteiger partial charge in [-0.05, 0) is 60.3 Å². The van der Waals surface area contributed by atoms with Crippen molar-refractivity contribution in [2.45, 2.75) is 51.5 Å². The van der Waals surface area contributed by atoms with E-state index in [4.69, 9.17) is 4.74 Å². The fraction of sp³-hybridized carbons (Fsp3) is 0.625. The molecule has 1 heterocycles. The molecule has 1 aromatic rings. The van der Waals surface area contributed by atoms with Gasteiger partial charge in [0.2, 0.25) is 0 Å². The summed E-state index contributed by atoms with van der Waals surface area (Å²) in [5, 5.41) is 3.56. The number of hydrogen-bond acceptors (Lipinski definition) is 3. The summed E-state index contributed by atoms with van der Waals surface area (Å²) in [6.45, 7) is 7.18. The van der Waals surface area contributed by atoms with E-state index in [1.165, 1.54) is 28.6 Å². The van der Waals surface area contributed by atoms with Gasteiger partial charge in [0.05, 0.1) is 17.9 Å². The van der Waals surface area contributed by atoms with Crippen LogP contribution >= 0.6 is 15.9 Å². The molecule has 0 amide bonds. The number of ether oxygens (including phenoxy) is 1. The SMILES string of the molecule is C[C@@H]1CN(c2ccc(CNC3CC3)cc2Br)C[C@H](C)O1. The quantitative estimate of drug-likeness (QED) is 0.911. The molecule has 3 nitrogen and oxygen atoms in total. The van der Waals surface area contributed by atoms with E-state index >= 15 is 0 Å². The Balaban J connectivity index is 1.69. The molecule has 0 radical (unpaired) electrons. The molecule has 2 aliphatic rings. The first-order valence-electron chi connectivity index (χ1n) is 7.54. The van der Waals surface area contributed by atoms with Gasteiger partial charge in [0.15, 0.2) is 0 Å². The first-order chi connectivity index (χ1) is 9.61. The average molecular weight is 339 g/mol. The number of anilines is 1. The molecule has 1 aliphatic carbocycles. The molecular formula is C16H23BrN2O. The molecule has 1 aliphatic heterocycles. The van der Waals surface area contributed by atoms with Crippen molar-refractivity contribution < 1.29 is 4.74 Å². The molecule has 1 N–H and O–H groups in total. The third-order valence-electron chi connectivity index (χ3n) is 3.94. The van der Waals surface area contributed by atoms with Gasteiger partial charge in [-0.3, -0.25) is 0 Å². The summed E-state index contributed by atoms with van der Waals surface area (Å²) in [5.41, 5.74) is 2.63. The van der Waals surface area contributed by atoms with E-state index in [1.54, 1.807) is 0 Å². The van der Waals surface area contributed by atoms with Gasteiger partial charge in [0.25, 0.3) is 0 Å². The second-order valence-corrected chi connectivity index (χ2v) is 6.96. The zero-order valence-electron chi connectivity index (χ0n) is 12.2. The minimum absolute atomic E-state index is 0.293. The van der Waals surface area contributed by atoms with Crippen molar-refractivity contribution in [3.05, 3.63) is 28.2 Å². The summed E-state index contributed by atoms with van der Waals surface area (Å²) >= 11 is 3.73. The maximum atomic E-state index is 5.81. The Morgan fingerprint density at radius 2 is 1.95 bits per heavy atom. The zero-order valence-corrected chi connectivity index (χ0v) is 13.8. The molecule has 1 saturated heterocycles. The fourth-order valence-electron chi connectivity index (χ4n) is 2.84. The molecule has 2 fully saturated rings. The number of halogens is 1. The van der Waals surface area contributed by atoms with Crippen LogP contribution in [-0.2, 0) is 11.3 Å². The fourth-order valence-corrected chi connectivity index (χ4v) is 3.52. The highest BCUT2D eigenvalue weighted by Gasteiger charge is 2.24. The van der Waals surface area contributed by atoms with E-state index in [1.807, 2.05) is 0 Å². The number of rotatable bonds is 4. The molecule has 0 unspecified atom stereocenters. The molecular weight excluding hydrogens is 316 g/mol. The van der Waals surface area contributed by atoms with E-state index in [2.05, 4.69) is 58.2 Å². The molecule has 4 heteroatoms. The van der Waals surface area contributed by atoms with Crippen LogP contribution in [0.1, 0.15) is 32.3 Å². The van der Waals surface area contributed by atoms with Crippen LogP contribution in [0.15, 0.2) is 22.7 Å². The Morgan fingerprint density at radius 3 is 2.55 bits per heavy atom. The topological polar surface area (TPSA) is 24.5 Å². The van der Waals surface area contributed by atoms with Crippen LogP contribution in [0.5, 0.6) is 0 Å². The number of hydrogen-bond donors (Lipinski definition) is 1. The predicted octanol–water partition coefficient (Wildman–Crippen LogP) is 3.31. The van der Waals surface area contributed by atoms with Crippen molar-refractivity contribution in [3.63, 3.8) is 0 Å². The van der Waals surface area contributed by atoms with E-state index in [-0.39, 0.29) is 0 Å². The van der Waals surface area contributed by atoms with Crippen molar-refractivity contribution in [2.75, 3.05) is 18.0 Å². The highest BCUT2D eigenvalue weighted by Crippen LogP contribution is 2.30. The van der Waals surface area contributed by atoms with Crippen LogP contribution in [0.2, 0.25) is 0 Å². The third kappa shape index (κ3) is 3.54. The highest BCUT2D eigenvalue weighted by molar-refractivity contribution is 9.10. The Labute approximate surface area is 129 Å². The van der Waals surface area contributed by atoms with Crippen LogP contribution in [-0.4, -0.2) is 31.3 Å². The average Bonchev–Trinajstić information content (AvgIpc) is 3.19. The minimum Gasteiger partial charge on any atom is -0.372 e. The first kappa shape index (κ1) is 14.4. The molecule has 1 aromatic carbocycles. The number of benzene rings is 1. The van der Waals surface area contributed by atoms with Crippen molar-refractivity contribution in [1.82, 2.24) is 5.32 Å². The normalized spacial score (nSPS) is 26.9. The van der Waals surface area contributed by atoms with Crippen molar-refractivity contribution >= 4 is 21.6 Å². The molecule has 110 valence electrons. The maximum absolute atomic E-state index is 5.81. The largest absolute Gasteiger partial charge is 0.372 e. The lowest BCUT2D eigenvalue weighted by atomic mass is 10.1. The number of nitrogens with zero attached hydrogens (tertiary/aromatic N) is 1. The van der Waals surface area contributed by atoms with Gasteiger partial charge in [-0.25, -0.2) is 0 Å². The second kappa shape index (κ2) is 6.04. The van der Waals surface area contributed by atoms with Crippen LogP contribution in [0.3, 0.4) is 0 Å². The summed E-state index contributed by atoms with van der Waals surface area (Å²) in [6, 6.07) is 7.48. The van der Waals surface area contributed by atoms with Crippen LogP contribution in [0.4, 0.5) is 5.69 Å². The molecule has 2 atom stereocenters. The smallest absolute Gasteiger partial charge is 0.0726 e. The standard InChI is InChI=1S/C16H23BrN2O/c1-11-9-19(10-12(2)20-11)16-6-3-13(7-15(16)17)8-18-14-4-5-14/h3,6-7,11-12,14,18H,4-5,8-10H2,1-2H3/t11-,12+. The van der Waals surface area contributed by atoms with Crippen LogP contribution in [0.25, 0.3) is 0 Å². The van der Waals surface area contributed by atoms with Crippen molar-refractivity contribution in [3.8, 4) is 0 Å². The van der Waals surface area contributed by atoms with Gasteiger partial charge < -0.3 is 15.0 Å². The van der Waals surface area contributed by atoms with Gasteiger partial charge in [-0.1, -0.05) is 6.07 Å². The summed E-state index contributed by atoms with van der Waals surface area (Å²) in [6.07, 6.45) is 3.26. The predicted molar refractivity (Wildman–Crippen MR) is 86.2 cm³/mol. The van der Waals surface area contributed by atoms with E-state index < -0.39 is 0 Å². The number of nitrogens with one attached hydrogen (secondary N) is 1. The zero-order chi connectivity index (χ0) is 14.1. The lowest BCUT2D eigenvalue weighted by molar-refractivity contribution is -0.00525. The molecule has 1 saturated carbocycles. The van der Waals surface area contributed by atoms with E-state index in [0.29, 0.717) is 12.2 Å². The third-order valence-corrected chi connectivity index (χ3v) is 4.58. The Hall–Kier alpha value is -0.580. The van der Waals surface area contributed by atoms with Gasteiger partial charge in [0.1, 0.15) is 0 Å². The lowest BCUT2D eigenvalue weighted by Gasteiger charge is -2.37. The Bertz CT molecular complexity index is 466.